The largest absolute Gasteiger partial charge is 0.400 e. The first-order chi connectivity index (χ1) is 4.91. The number of hydrogen-bond acceptors (Lipinski definition) is 3. The molecule has 0 saturated heterocycles. The van der Waals surface area contributed by atoms with Gasteiger partial charge < -0.3 is 16.6 Å². The molecule has 0 radical (unpaired) electrons. The van der Waals surface area contributed by atoms with Gasteiger partial charge in [0.05, 0.1) is 0 Å². The van der Waals surface area contributed by atoms with Crippen molar-refractivity contribution in [2.75, 3.05) is 20.2 Å². The third-order valence-electron chi connectivity index (χ3n) is 0.833. The van der Waals surface area contributed by atoms with E-state index in [0.29, 0.717) is 0 Å². The highest BCUT2D eigenvalue weighted by Gasteiger charge is 1.72. The predicted octanol–water partition coefficient (Wildman–Crippen LogP) is -0.151. The summed E-state index contributed by atoms with van der Waals surface area (Å²) >= 11 is 0. The van der Waals surface area contributed by atoms with Crippen molar-refractivity contribution in [1.82, 2.24) is 0 Å². The van der Waals surface area contributed by atoms with Crippen molar-refractivity contribution in [1.29, 1.82) is 0 Å². The maximum Gasteiger partial charge on any atom is 0.0319 e. The Labute approximate surface area is 62.7 Å². The number of aliphatic hydroxyl groups is 1. The summed E-state index contributed by atoms with van der Waals surface area (Å²) < 4.78 is 0. The molecule has 0 amide bonds. The van der Waals surface area contributed by atoms with Gasteiger partial charge in [0.25, 0.3) is 0 Å². The van der Waals surface area contributed by atoms with Crippen LogP contribution in [0.25, 0.3) is 0 Å². The van der Waals surface area contributed by atoms with Crippen LogP contribution in [0.5, 0.6) is 0 Å². The molecular formula is C7H18N2O. The first-order valence-electron chi connectivity index (χ1n) is 3.41. The molecule has 0 rings (SSSR count). The minimum atomic E-state index is 0.737. The molecule has 62 valence electrons. The van der Waals surface area contributed by atoms with E-state index in [1.54, 1.807) is 0 Å². The standard InChI is InChI=1S/C6H14N2.CH4O/c7-5-3-1-2-4-6-8;1-2/h1-2H,3-8H2;2H,1H3/b2-1+;. The predicted molar refractivity (Wildman–Crippen MR) is 44.6 cm³/mol. The van der Waals surface area contributed by atoms with Crippen molar-refractivity contribution in [2.24, 2.45) is 11.5 Å². The van der Waals surface area contributed by atoms with Crippen molar-refractivity contribution in [2.45, 2.75) is 12.8 Å². The average molecular weight is 146 g/mol. The Morgan fingerprint density at radius 2 is 1.30 bits per heavy atom. The van der Waals surface area contributed by atoms with Crippen LogP contribution < -0.4 is 11.5 Å². The SMILES string of the molecule is CO.NCC/C=C/CCN. The molecule has 0 atom stereocenters. The second-order valence-electron chi connectivity index (χ2n) is 1.63. The first kappa shape index (κ1) is 12.3. The third-order valence-corrected chi connectivity index (χ3v) is 0.833. The molecule has 3 nitrogen and oxygen atoms in total. The minimum Gasteiger partial charge on any atom is -0.400 e. The second-order valence-corrected chi connectivity index (χ2v) is 1.63. The summed E-state index contributed by atoms with van der Waals surface area (Å²) in [5.41, 5.74) is 10.5. The van der Waals surface area contributed by atoms with Crippen molar-refractivity contribution in [3.8, 4) is 0 Å². The zero-order valence-electron chi connectivity index (χ0n) is 6.59. The molecule has 0 fully saturated rings. The van der Waals surface area contributed by atoms with Gasteiger partial charge in [0.2, 0.25) is 0 Å². The molecule has 0 bridgehead atoms. The summed E-state index contributed by atoms with van der Waals surface area (Å²) in [6.07, 6.45) is 6.07. The molecule has 0 aromatic heterocycles. The van der Waals surface area contributed by atoms with Gasteiger partial charge in [0.1, 0.15) is 0 Å². The lowest BCUT2D eigenvalue weighted by atomic mass is 10.3. The average Bonchev–Trinajstić information content (AvgIpc) is 2.02. The molecule has 0 heterocycles. The molecule has 0 aromatic rings. The van der Waals surface area contributed by atoms with E-state index in [0.717, 1.165) is 33.0 Å². The van der Waals surface area contributed by atoms with Crippen LogP contribution in [0.2, 0.25) is 0 Å². The number of nitrogens with two attached hydrogens (primary N) is 2. The van der Waals surface area contributed by atoms with Crippen molar-refractivity contribution < 1.29 is 5.11 Å². The van der Waals surface area contributed by atoms with E-state index in [2.05, 4.69) is 12.2 Å². The zero-order chi connectivity index (χ0) is 8.24. The Morgan fingerprint density at radius 3 is 1.50 bits per heavy atom. The fourth-order valence-electron chi connectivity index (χ4n) is 0.428. The van der Waals surface area contributed by atoms with Crippen LogP contribution in [0, 0.1) is 0 Å². The summed E-state index contributed by atoms with van der Waals surface area (Å²) in [5, 5.41) is 7.00. The van der Waals surface area contributed by atoms with Crippen molar-refractivity contribution in [3.63, 3.8) is 0 Å². The van der Waals surface area contributed by atoms with Crippen LogP contribution in [0.15, 0.2) is 12.2 Å². The van der Waals surface area contributed by atoms with Crippen LogP contribution in [-0.2, 0) is 0 Å². The van der Waals surface area contributed by atoms with Crippen LogP contribution in [0.3, 0.4) is 0 Å². The Kier molecular flexibility index (Phi) is 19.5. The maximum absolute atomic E-state index is 7.00. The number of hydrogen-bond donors (Lipinski definition) is 3. The molecule has 0 aromatic carbocycles. The van der Waals surface area contributed by atoms with E-state index >= 15 is 0 Å². The topological polar surface area (TPSA) is 72.3 Å². The molecule has 0 aliphatic heterocycles. The summed E-state index contributed by atoms with van der Waals surface area (Å²) in [7, 11) is 1.00. The summed E-state index contributed by atoms with van der Waals surface area (Å²) in [5.74, 6) is 0. The van der Waals surface area contributed by atoms with Gasteiger partial charge in [0, 0.05) is 7.11 Å². The summed E-state index contributed by atoms with van der Waals surface area (Å²) in [6, 6.07) is 0. The van der Waals surface area contributed by atoms with Gasteiger partial charge in [0.15, 0.2) is 0 Å². The molecule has 0 aliphatic rings. The third kappa shape index (κ3) is 15.6. The Hall–Kier alpha value is -0.380. The molecule has 10 heavy (non-hydrogen) atoms. The monoisotopic (exact) mass is 146 g/mol. The molecule has 0 aliphatic carbocycles. The van der Waals surface area contributed by atoms with Gasteiger partial charge in [-0.05, 0) is 25.9 Å². The van der Waals surface area contributed by atoms with Gasteiger partial charge in [-0.25, -0.2) is 0 Å². The smallest absolute Gasteiger partial charge is 0.0319 e. The van der Waals surface area contributed by atoms with E-state index < -0.39 is 0 Å². The van der Waals surface area contributed by atoms with Crippen molar-refractivity contribution >= 4 is 0 Å². The lowest BCUT2D eigenvalue weighted by Gasteiger charge is -1.84. The number of rotatable bonds is 4. The van der Waals surface area contributed by atoms with E-state index in [1.165, 1.54) is 0 Å². The van der Waals surface area contributed by atoms with Crippen LogP contribution in [-0.4, -0.2) is 25.3 Å². The van der Waals surface area contributed by atoms with Gasteiger partial charge in [-0.3, -0.25) is 0 Å². The molecule has 0 saturated carbocycles. The molecule has 3 heteroatoms. The summed E-state index contributed by atoms with van der Waals surface area (Å²) in [6.45, 7) is 1.47. The highest BCUT2D eigenvalue weighted by atomic mass is 16.2. The highest BCUT2D eigenvalue weighted by molar-refractivity contribution is 4.81. The highest BCUT2D eigenvalue weighted by Crippen LogP contribution is 1.81. The Balaban J connectivity index is 0. The minimum absolute atomic E-state index is 0.737. The maximum atomic E-state index is 7.00. The van der Waals surface area contributed by atoms with Gasteiger partial charge >= 0.3 is 0 Å². The molecule has 0 unspecified atom stereocenters. The second kappa shape index (κ2) is 15.8. The van der Waals surface area contributed by atoms with E-state index in [9.17, 15) is 0 Å². The van der Waals surface area contributed by atoms with Crippen LogP contribution in [0.4, 0.5) is 0 Å². The normalized spacial score (nSPS) is 9.20. The Morgan fingerprint density at radius 1 is 1.00 bits per heavy atom. The van der Waals surface area contributed by atoms with E-state index in [-0.39, 0.29) is 0 Å². The van der Waals surface area contributed by atoms with E-state index in [4.69, 9.17) is 16.6 Å². The molecule has 5 N–H and O–H groups in total. The first-order valence-corrected chi connectivity index (χ1v) is 3.41. The van der Waals surface area contributed by atoms with Gasteiger partial charge in [-0.15, -0.1) is 0 Å². The summed E-state index contributed by atoms with van der Waals surface area (Å²) in [4.78, 5) is 0. The fraction of sp³-hybridized carbons (Fsp3) is 0.714. The van der Waals surface area contributed by atoms with Gasteiger partial charge in [-0.1, -0.05) is 12.2 Å². The van der Waals surface area contributed by atoms with Crippen LogP contribution >= 0.6 is 0 Å². The lowest BCUT2D eigenvalue weighted by Crippen LogP contribution is -1.97. The number of aliphatic hydroxyl groups excluding tert-OH is 1. The molecule has 0 spiro atoms. The van der Waals surface area contributed by atoms with Crippen molar-refractivity contribution in [3.05, 3.63) is 12.2 Å². The quantitative estimate of drug-likeness (QED) is 0.483. The molecular weight excluding hydrogens is 128 g/mol. The van der Waals surface area contributed by atoms with E-state index in [1.807, 2.05) is 0 Å². The Bertz CT molecular complexity index is 56.6. The zero-order valence-corrected chi connectivity index (χ0v) is 6.59. The fourth-order valence-corrected chi connectivity index (χ4v) is 0.428. The van der Waals surface area contributed by atoms with Gasteiger partial charge in [-0.2, -0.15) is 0 Å². The lowest BCUT2D eigenvalue weighted by molar-refractivity contribution is 0.399. The van der Waals surface area contributed by atoms with Crippen LogP contribution in [0.1, 0.15) is 12.8 Å².